The third-order valence-electron chi connectivity index (χ3n) is 8.80. The Balaban J connectivity index is 1.56. The van der Waals surface area contributed by atoms with Crippen molar-refractivity contribution in [3.05, 3.63) is 59.0 Å². The predicted molar refractivity (Wildman–Crippen MR) is 220 cm³/mol. The molecular weight excluding hydrogens is 805 g/mol. The number of carbonyl (C=O) groups excluding carboxylic acids is 5. The lowest BCUT2D eigenvalue weighted by atomic mass is 9.92. The third kappa shape index (κ3) is 15.6. The van der Waals surface area contributed by atoms with Crippen molar-refractivity contribution in [1.82, 2.24) is 35.9 Å². The van der Waals surface area contributed by atoms with Crippen LogP contribution in [0.5, 0.6) is 0 Å². The van der Waals surface area contributed by atoms with E-state index in [4.69, 9.17) is 24.1 Å². The summed E-state index contributed by atoms with van der Waals surface area (Å²) in [7, 11) is 0. The van der Waals surface area contributed by atoms with Crippen LogP contribution < -0.4 is 44.0 Å². The van der Waals surface area contributed by atoms with Gasteiger partial charge in [-0.05, 0) is 62.1 Å². The molecule has 0 aliphatic carbocycles. The van der Waals surface area contributed by atoms with Gasteiger partial charge in [-0.3, -0.25) is 43.5 Å². The molecule has 322 valence electrons. The number of H-pyrrole nitrogens is 1. The number of carboxylic acid groups (broad SMARTS) is 2. The number of benzene rings is 1. The van der Waals surface area contributed by atoms with E-state index in [-0.39, 0.29) is 73.3 Å². The second kappa shape index (κ2) is 23.1. The van der Waals surface area contributed by atoms with Crippen molar-refractivity contribution in [2.75, 3.05) is 23.3 Å². The summed E-state index contributed by atoms with van der Waals surface area (Å²) >= 11 is 4.14. The molecule has 1 aromatic carbocycles. The molecule has 0 aliphatic rings. The maximum atomic E-state index is 13.3. The van der Waals surface area contributed by atoms with Crippen molar-refractivity contribution in [3.8, 4) is 0 Å². The van der Waals surface area contributed by atoms with E-state index in [2.05, 4.69) is 58.8 Å². The molecule has 3 amide bonds. The van der Waals surface area contributed by atoms with E-state index in [1.54, 1.807) is 19.1 Å². The first-order valence-electron chi connectivity index (χ1n) is 18.5. The van der Waals surface area contributed by atoms with Crippen molar-refractivity contribution in [2.45, 2.75) is 76.5 Å². The quantitative estimate of drug-likeness (QED) is 0.0215. The Morgan fingerprint density at radius 2 is 1.63 bits per heavy atom. The van der Waals surface area contributed by atoms with Crippen LogP contribution in [-0.4, -0.2) is 108 Å². The number of nitrogens with one attached hydrogen (secondary N) is 5. The molecule has 60 heavy (non-hydrogen) atoms. The van der Waals surface area contributed by atoms with E-state index >= 15 is 0 Å². The molecule has 22 nitrogen and oxygen atoms in total. The first kappa shape index (κ1) is 47.7. The number of aliphatic carboxylic acids is 2. The summed E-state index contributed by atoms with van der Waals surface area (Å²) < 4.78 is 0. The maximum Gasteiger partial charge on any atom is 0.326 e. The highest BCUT2D eigenvalue weighted by atomic mass is 32.1. The number of nitrogens with two attached hydrogens (primary N) is 3. The smallest absolute Gasteiger partial charge is 0.326 e. The van der Waals surface area contributed by atoms with Gasteiger partial charge in [0.1, 0.15) is 6.04 Å². The summed E-state index contributed by atoms with van der Waals surface area (Å²) in [6, 6.07) is 1.45. The zero-order chi connectivity index (χ0) is 44.5. The molecule has 0 unspecified atom stereocenters. The number of guanidine groups is 1. The second-order valence-corrected chi connectivity index (χ2v) is 14.2. The second-order valence-electron chi connectivity index (χ2n) is 13.8. The van der Waals surface area contributed by atoms with Gasteiger partial charge in [0.2, 0.25) is 17.8 Å². The number of rotatable bonds is 25. The van der Waals surface area contributed by atoms with Crippen molar-refractivity contribution in [3.63, 3.8) is 0 Å². The Morgan fingerprint density at radius 3 is 2.27 bits per heavy atom. The average molecular weight is 853 g/mol. The number of carbonyl (C=O) groups is 7. The van der Waals surface area contributed by atoms with Gasteiger partial charge in [0.25, 0.3) is 11.5 Å². The molecule has 0 bridgehead atoms. The monoisotopic (exact) mass is 852 g/mol. The van der Waals surface area contributed by atoms with Gasteiger partial charge >= 0.3 is 11.9 Å². The van der Waals surface area contributed by atoms with Crippen molar-refractivity contribution < 1.29 is 43.8 Å². The van der Waals surface area contributed by atoms with Crippen LogP contribution in [0.25, 0.3) is 11.2 Å². The highest BCUT2D eigenvalue weighted by molar-refractivity contribution is 7.80. The van der Waals surface area contributed by atoms with Crippen LogP contribution in [-0.2, 0) is 35.3 Å². The number of aromatic nitrogens is 4. The predicted octanol–water partition coefficient (Wildman–Crippen LogP) is -0.820. The fourth-order valence-electron chi connectivity index (χ4n) is 5.59. The summed E-state index contributed by atoms with van der Waals surface area (Å²) in [5.41, 5.74) is 16.9. The van der Waals surface area contributed by atoms with Crippen LogP contribution in [0.2, 0.25) is 0 Å². The number of aliphatic imine (C=N–C) groups is 1. The molecule has 2 heterocycles. The molecule has 5 atom stereocenters. The highest BCUT2D eigenvalue weighted by Gasteiger charge is 2.31. The number of nitrogen functional groups attached to an aromatic ring is 1. The number of ketones is 2. The zero-order valence-corrected chi connectivity index (χ0v) is 33.4. The largest absolute Gasteiger partial charge is 0.481 e. The Morgan fingerprint density at radius 1 is 0.933 bits per heavy atom. The Kier molecular flexibility index (Phi) is 18.4. The summed E-state index contributed by atoms with van der Waals surface area (Å²) in [4.78, 5) is 119. The number of nitrogens with zero attached hydrogens (tertiary/aromatic N) is 4. The number of anilines is 2. The van der Waals surface area contributed by atoms with Gasteiger partial charge in [0, 0.05) is 43.0 Å². The van der Waals surface area contributed by atoms with Crippen LogP contribution in [0, 0.1) is 18.8 Å². The first-order chi connectivity index (χ1) is 28.4. The molecule has 3 aromatic rings. The number of hydrogen-bond acceptors (Lipinski definition) is 15. The SMILES string of the molecule is [CH][C@H](NC(=O)CC[C@H](NC(=O)c1ccc(NCc2cnc3nc(N)[nH]c(=O)c3n2)cc1)C(=O)O)C(=O)C[C@@H](CCCN=C(N)N)C(=O)N[C@@H](CC(=O)O)C(=O)C[C@H](C)CS. The van der Waals surface area contributed by atoms with Gasteiger partial charge in [-0.15, -0.1) is 0 Å². The lowest BCUT2D eigenvalue weighted by Crippen LogP contribution is -2.47. The minimum absolute atomic E-state index is 0.00671. The number of amides is 3. The van der Waals surface area contributed by atoms with E-state index in [0.29, 0.717) is 17.1 Å². The third-order valence-corrected chi connectivity index (χ3v) is 9.43. The van der Waals surface area contributed by atoms with Crippen molar-refractivity contribution in [2.24, 2.45) is 28.3 Å². The number of thiol groups is 1. The van der Waals surface area contributed by atoms with E-state index in [0.717, 1.165) is 0 Å². The summed E-state index contributed by atoms with van der Waals surface area (Å²) in [6.07, 6.45) is -0.468. The minimum atomic E-state index is -1.63. The maximum absolute atomic E-state index is 13.3. The number of hydrogen-bond donors (Lipinski definition) is 11. The van der Waals surface area contributed by atoms with Crippen molar-refractivity contribution in [1.29, 1.82) is 0 Å². The normalized spacial score (nSPS) is 13.4. The molecular formula is C37H48N12O10S. The zero-order valence-electron chi connectivity index (χ0n) is 32.6. The summed E-state index contributed by atoms with van der Waals surface area (Å²) in [5.74, 6) is -7.73. The number of Topliss-reactive ketones (excluding diaryl/α,β-unsaturated/α-hetero) is 2. The summed E-state index contributed by atoms with van der Waals surface area (Å²) in [6.45, 7) is 7.92. The van der Waals surface area contributed by atoms with Crippen LogP contribution in [0.4, 0.5) is 11.6 Å². The van der Waals surface area contributed by atoms with Gasteiger partial charge in [-0.1, -0.05) is 6.92 Å². The molecule has 0 aliphatic heterocycles. The topological polar surface area (TPSA) is 370 Å². The lowest BCUT2D eigenvalue weighted by Gasteiger charge is -2.23. The minimum Gasteiger partial charge on any atom is -0.481 e. The highest BCUT2D eigenvalue weighted by Crippen LogP contribution is 2.17. The van der Waals surface area contributed by atoms with Gasteiger partial charge in [-0.2, -0.15) is 17.6 Å². The number of carboxylic acids is 2. The summed E-state index contributed by atoms with van der Waals surface area (Å²) in [5, 5.41) is 29.2. The van der Waals surface area contributed by atoms with Crippen LogP contribution >= 0.6 is 12.6 Å². The van der Waals surface area contributed by atoms with Crippen molar-refractivity contribution >= 4 is 82.6 Å². The van der Waals surface area contributed by atoms with E-state index in [9.17, 15) is 48.6 Å². The molecule has 0 saturated heterocycles. The van der Waals surface area contributed by atoms with E-state index in [1.165, 1.54) is 18.3 Å². The molecule has 2 radical (unpaired) electrons. The average Bonchev–Trinajstić information content (AvgIpc) is 3.18. The fraction of sp³-hybridized carbons (Fsp3) is 0.432. The number of fused-ring (bicyclic) bond motifs is 1. The van der Waals surface area contributed by atoms with Crippen LogP contribution in [0.15, 0.2) is 40.2 Å². The molecule has 0 saturated carbocycles. The van der Waals surface area contributed by atoms with Gasteiger partial charge in [0.05, 0.1) is 36.9 Å². The Bertz CT molecular complexity index is 2130. The molecule has 2 aromatic heterocycles. The van der Waals surface area contributed by atoms with E-state index < -0.39 is 90.1 Å². The van der Waals surface area contributed by atoms with Gasteiger partial charge in [-0.25, -0.2) is 14.8 Å². The van der Waals surface area contributed by atoms with Gasteiger partial charge < -0.3 is 48.7 Å². The van der Waals surface area contributed by atoms with Gasteiger partial charge in [0.15, 0.2) is 28.7 Å². The molecule has 13 N–H and O–H groups in total. The van der Waals surface area contributed by atoms with E-state index in [1.807, 2.05) is 0 Å². The number of aromatic amines is 1. The molecule has 23 heteroatoms. The molecule has 0 fully saturated rings. The van der Waals surface area contributed by atoms with Crippen LogP contribution in [0.1, 0.15) is 67.9 Å². The first-order valence-corrected chi connectivity index (χ1v) is 19.2. The fourth-order valence-corrected chi connectivity index (χ4v) is 5.72. The Labute approximate surface area is 348 Å². The standard InChI is InChI=1S/C37H48N12O10S/c1-18(17-60)12-27(51)25(14-29(53)54)47-33(56)21(4-3-11-41-36(38)39)13-26(50)19(2)44-28(52)10-9-24(35(58)59)46-32(55)20-5-7-22(8-6-20)42-15-23-16-43-31-30(45-23)34(57)49-37(40)48-31/h2,5-8,16,18-19,21,24-25,42,60H,3-4,9-15,17H2,1H3,(H,44,52)(H,46,55)(H,47,56)(H,53,54)(H,58,59)(H4,38,39,41)(H3,40,43,48,49,57)/t18-,19-,21+,24-,25-/m0/s1. The Hall–Kier alpha value is -6.65. The lowest BCUT2D eigenvalue weighted by molar-refractivity contribution is -0.141. The molecule has 3 rings (SSSR count). The molecule has 0 spiro atoms. The van der Waals surface area contributed by atoms with Crippen LogP contribution in [0.3, 0.4) is 0 Å².